The van der Waals surface area contributed by atoms with Crippen LogP contribution in [0.4, 0.5) is 16.3 Å². The maximum absolute atomic E-state index is 12.8. The van der Waals surface area contributed by atoms with Gasteiger partial charge < -0.3 is 14.5 Å². The number of anilines is 2. The highest BCUT2D eigenvalue weighted by Gasteiger charge is 2.50. The maximum Gasteiger partial charge on any atom is 0.410 e. The molecule has 2 aromatic rings. The van der Waals surface area contributed by atoms with E-state index in [-0.39, 0.29) is 11.5 Å². The average Bonchev–Trinajstić information content (AvgIpc) is 3.38. The molecule has 0 radical (unpaired) electrons. The summed E-state index contributed by atoms with van der Waals surface area (Å²) in [5.41, 5.74) is 4.07. The van der Waals surface area contributed by atoms with Crippen molar-refractivity contribution in [1.82, 2.24) is 14.9 Å². The molecule has 1 aromatic heterocycles. The van der Waals surface area contributed by atoms with Crippen LogP contribution in [0.25, 0.3) is 0 Å². The lowest BCUT2D eigenvalue weighted by atomic mass is 9.81. The Morgan fingerprint density at radius 1 is 1.26 bits per heavy atom. The second kappa shape index (κ2) is 7.09. The molecule has 1 saturated heterocycles. The van der Waals surface area contributed by atoms with Crippen molar-refractivity contribution >= 4 is 29.2 Å². The summed E-state index contributed by atoms with van der Waals surface area (Å²) in [7, 11) is 0. The number of aromatic nitrogens is 2. The number of hydrogen-bond donors (Lipinski definition) is 0. The molecule has 2 atom stereocenters. The summed E-state index contributed by atoms with van der Waals surface area (Å²) in [6.07, 6.45) is 4.43. The number of hydrogen-bond acceptors (Lipinski definition) is 5. The fourth-order valence-electron chi connectivity index (χ4n) is 5.37. The van der Waals surface area contributed by atoms with E-state index in [0.29, 0.717) is 19.0 Å². The van der Waals surface area contributed by atoms with E-state index in [0.717, 1.165) is 48.0 Å². The maximum atomic E-state index is 12.8. The number of amides is 1. The number of likely N-dealkylation sites (tertiary alicyclic amines) is 1. The smallest absolute Gasteiger partial charge is 0.410 e. The van der Waals surface area contributed by atoms with Crippen LogP contribution in [0.3, 0.4) is 0 Å². The minimum Gasteiger partial charge on any atom is -0.444 e. The first-order chi connectivity index (χ1) is 14.7. The lowest BCUT2D eigenvalue weighted by molar-refractivity contribution is 0.0285. The predicted molar refractivity (Wildman–Crippen MR) is 121 cm³/mol. The van der Waals surface area contributed by atoms with Gasteiger partial charge in [-0.15, -0.1) is 0 Å². The highest BCUT2D eigenvalue weighted by atomic mass is 35.5. The molecule has 0 N–H and O–H groups in total. The van der Waals surface area contributed by atoms with E-state index in [2.05, 4.69) is 28.9 Å². The van der Waals surface area contributed by atoms with E-state index >= 15 is 0 Å². The number of carbonyl (C=O) groups is 1. The van der Waals surface area contributed by atoms with Gasteiger partial charge in [0, 0.05) is 47.0 Å². The molecule has 1 fully saturated rings. The highest BCUT2D eigenvalue weighted by molar-refractivity contribution is 6.30. The molecule has 1 spiro atoms. The Morgan fingerprint density at radius 3 is 2.84 bits per heavy atom. The molecule has 164 valence electrons. The third-order valence-corrected chi connectivity index (χ3v) is 7.03. The number of benzene rings is 1. The minimum absolute atomic E-state index is 0.184. The second-order valence-corrected chi connectivity index (χ2v) is 10.6. The van der Waals surface area contributed by atoms with E-state index in [1.807, 2.05) is 31.7 Å². The fraction of sp³-hybridized carbons (Fsp3) is 0.542. The van der Waals surface area contributed by atoms with Gasteiger partial charge in [-0.25, -0.2) is 14.8 Å². The van der Waals surface area contributed by atoms with Crippen LogP contribution < -0.4 is 4.90 Å². The largest absolute Gasteiger partial charge is 0.444 e. The molecule has 1 aliphatic carbocycles. The van der Waals surface area contributed by atoms with Crippen molar-refractivity contribution in [2.45, 2.75) is 63.9 Å². The van der Waals surface area contributed by atoms with Crippen LogP contribution in [0.1, 0.15) is 63.3 Å². The van der Waals surface area contributed by atoms with Gasteiger partial charge in [0.05, 0.1) is 0 Å². The number of carbonyl (C=O) groups excluding carboxylic acids is 1. The normalized spacial score (nSPS) is 24.6. The number of nitrogens with zero attached hydrogens (tertiary/aromatic N) is 4. The summed E-state index contributed by atoms with van der Waals surface area (Å²) in [6.45, 7) is 10.0. The van der Waals surface area contributed by atoms with Gasteiger partial charge in [-0.1, -0.05) is 18.5 Å². The monoisotopic (exact) mass is 440 g/mol. The number of halogens is 1. The van der Waals surface area contributed by atoms with Crippen molar-refractivity contribution in [2.75, 3.05) is 24.5 Å². The summed E-state index contributed by atoms with van der Waals surface area (Å²) in [5, 5.41) is 0.719. The molecule has 6 nitrogen and oxygen atoms in total. The Morgan fingerprint density at radius 2 is 2.06 bits per heavy atom. The van der Waals surface area contributed by atoms with Crippen molar-refractivity contribution in [3.8, 4) is 0 Å². The zero-order valence-electron chi connectivity index (χ0n) is 18.6. The molecule has 2 unspecified atom stereocenters. The Bertz CT molecular complexity index is 1050. The van der Waals surface area contributed by atoms with Gasteiger partial charge in [0.15, 0.2) is 0 Å². The Balaban J connectivity index is 1.52. The van der Waals surface area contributed by atoms with Crippen molar-refractivity contribution in [1.29, 1.82) is 0 Å². The van der Waals surface area contributed by atoms with Gasteiger partial charge in [-0.05, 0) is 69.7 Å². The zero-order valence-corrected chi connectivity index (χ0v) is 19.4. The first kappa shape index (κ1) is 20.6. The van der Waals surface area contributed by atoms with E-state index in [9.17, 15) is 4.79 Å². The molecule has 1 amide bonds. The van der Waals surface area contributed by atoms with Gasteiger partial charge >= 0.3 is 6.09 Å². The Labute approximate surface area is 188 Å². The predicted octanol–water partition coefficient (Wildman–Crippen LogP) is 5.21. The van der Waals surface area contributed by atoms with Crippen LogP contribution in [-0.4, -0.2) is 46.2 Å². The first-order valence-corrected chi connectivity index (χ1v) is 11.4. The zero-order chi connectivity index (χ0) is 22.0. The van der Waals surface area contributed by atoms with E-state index in [1.165, 1.54) is 11.1 Å². The summed E-state index contributed by atoms with van der Waals surface area (Å²) in [5.74, 6) is 1.45. The number of fused-ring (bicyclic) bond motifs is 3. The van der Waals surface area contributed by atoms with Crippen LogP contribution in [0.2, 0.25) is 5.02 Å². The molecule has 1 aromatic carbocycles. The Kier molecular flexibility index (Phi) is 4.70. The van der Waals surface area contributed by atoms with Crippen LogP contribution >= 0.6 is 11.6 Å². The summed E-state index contributed by atoms with van der Waals surface area (Å²) >= 11 is 6.43. The van der Waals surface area contributed by atoms with Gasteiger partial charge in [0.25, 0.3) is 0 Å². The molecular formula is C24H29ClN4O2. The van der Waals surface area contributed by atoms with E-state index < -0.39 is 5.60 Å². The van der Waals surface area contributed by atoms with Crippen LogP contribution in [-0.2, 0) is 16.6 Å². The van der Waals surface area contributed by atoms with E-state index in [4.69, 9.17) is 21.3 Å². The topological polar surface area (TPSA) is 58.6 Å². The molecule has 31 heavy (non-hydrogen) atoms. The van der Waals surface area contributed by atoms with Crippen molar-refractivity contribution in [3.05, 3.63) is 46.4 Å². The van der Waals surface area contributed by atoms with Crippen LogP contribution in [0.15, 0.2) is 24.5 Å². The summed E-state index contributed by atoms with van der Waals surface area (Å²) in [6, 6.07) is 6.11. The average molecular weight is 441 g/mol. The third kappa shape index (κ3) is 3.45. The van der Waals surface area contributed by atoms with Crippen molar-refractivity contribution in [3.63, 3.8) is 0 Å². The molecule has 0 saturated carbocycles. The van der Waals surface area contributed by atoms with Crippen molar-refractivity contribution in [2.24, 2.45) is 0 Å². The number of rotatable bonds is 1. The Hall–Kier alpha value is -2.34. The molecule has 0 bridgehead atoms. The van der Waals surface area contributed by atoms with Gasteiger partial charge in [0.1, 0.15) is 17.7 Å². The molecular weight excluding hydrogens is 412 g/mol. The van der Waals surface area contributed by atoms with Crippen LogP contribution in [0, 0.1) is 0 Å². The third-order valence-electron chi connectivity index (χ3n) is 6.80. The number of aryl methyl sites for hydroxylation is 1. The highest BCUT2D eigenvalue weighted by Crippen LogP contribution is 2.51. The van der Waals surface area contributed by atoms with Gasteiger partial charge in [-0.2, -0.15) is 0 Å². The standard InChI is InChI=1S/C24H29ClN4O2/c1-15-5-7-18-20(15)21(27-14-26-18)29-13-24(17-11-16(25)6-8-19(17)29)9-10-28(12-24)22(30)31-23(2,3)4/h6,8,11,14-15H,5,7,9-10,12-13H2,1-4H3. The van der Waals surface area contributed by atoms with Gasteiger partial charge in [0.2, 0.25) is 0 Å². The lowest BCUT2D eigenvalue weighted by Gasteiger charge is -2.28. The quantitative estimate of drug-likeness (QED) is 0.609. The molecule has 3 aliphatic rings. The molecule has 3 heterocycles. The second-order valence-electron chi connectivity index (χ2n) is 10.2. The summed E-state index contributed by atoms with van der Waals surface area (Å²) in [4.78, 5) is 26.2. The summed E-state index contributed by atoms with van der Waals surface area (Å²) < 4.78 is 5.65. The SMILES string of the molecule is CC1CCc2ncnc(N3CC4(CCN(C(=O)OC(C)(C)C)C4)c4cc(Cl)ccc43)c21. The first-order valence-electron chi connectivity index (χ1n) is 11.1. The molecule has 2 aliphatic heterocycles. The molecule has 7 heteroatoms. The number of ether oxygens (including phenoxy) is 1. The van der Waals surface area contributed by atoms with E-state index in [1.54, 1.807) is 6.33 Å². The minimum atomic E-state index is -0.507. The van der Waals surface area contributed by atoms with Gasteiger partial charge in [-0.3, -0.25) is 0 Å². The van der Waals surface area contributed by atoms with Crippen LogP contribution in [0.5, 0.6) is 0 Å². The van der Waals surface area contributed by atoms with Crippen molar-refractivity contribution < 1.29 is 9.53 Å². The molecule has 5 rings (SSSR count). The fourth-order valence-corrected chi connectivity index (χ4v) is 5.54. The lowest BCUT2D eigenvalue weighted by Crippen LogP contribution is -2.39.